The summed E-state index contributed by atoms with van der Waals surface area (Å²) in [6, 6.07) is 21.7. The third-order valence-electron chi connectivity index (χ3n) is 4.10. The van der Waals surface area contributed by atoms with E-state index in [2.05, 4.69) is 10.6 Å². The van der Waals surface area contributed by atoms with E-state index in [9.17, 15) is 9.18 Å². The Morgan fingerprint density at radius 3 is 2.32 bits per heavy atom. The molecule has 1 unspecified atom stereocenters. The number of carbonyl (C=O) groups is 1. The minimum absolute atomic E-state index is 0.0843. The molecule has 0 fully saturated rings. The second-order valence-corrected chi connectivity index (χ2v) is 6.03. The molecule has 0 saturated carbocycles. The number of anilines is 1. The number of methoxy groups -OCH3 is 1. The standard InChI is InChI=1S/C22H21FN2O3/c1-27-18-13-11-17(12-14-18)24-22(26)25-20(16-7-3-2-4-8-16)15-28-21-10-6-5-9-19(21)23/h2-14,20H,15H2,1H3,(H2,24,25,26). The average Bonchev–Trinajstić information content (AvgIpc) is 2.73. The topological polar surface area (TPSA) is 59.6 Å². The molecule has 0 heterocycles. The van der Waals surface area contributed by atoms with Crippen LogP contribution in [0.5, 0.6) is 11.5 Å². The Morgan fingerprint density at radius 1 is 0.964 bits per heavy atom. The molecule has 0 aliphatic rings. The first kappa shape index (κ1) is 19.2. The Hall–Kier alpha value is -3.54. The van der Waals surface area contributed by atoms with Gasteiger partial charge in [0.2, 0.25) is 0 Å². The minimum atomic E-state index is -0.459. The van der Waals surface area contributed by atoms with E-state index in [1.165, 1.54) is 6.07 Å². The molecular weight excluding hydrogens is 359 g/mol. The summed E-state index contributed by atoms with van der Waals surface area (Å²) in [5.41, 5.74) is 1.48. The highest BCUT2D eigenvalue weighted by molar-refractivity contribution is 5.89. The summed E-state index contributed by atoms with van der Waals surface area (Å²) < 4.78 is 24.5. The number of para-hydroxylation sites is 1. The molecular formula is C22H21FN2O3. The summed E-state index contributed by atoms with van der Waals surface area (Å²) in [7, 11) is 1.58. The van der Waals surface area contributed by atoms with Gasteiger partial charge in [-0.15, -0.1) is 0 Å². The van der Waals surface area contributed by atoms with Crippen molar-refractivity contribution in [3.05, 3.63) is 90.2 Å². The number of hydrogen-bond acceptors (Lipinski definition) is 3. The maximum absolute atomic E-state index is 13.8. The van der Waals surface area contributed by atoms with Crippen molar-refractivity contribution >= 4 is 11.7 Å². The SMILES string of the molecule is COc1ccc(NC(=O)NC(COc2ccccc2F)c2ccccc2)cc1. The predicted octanol–water partition coefficient (Wildman–Crippen LogP) is 4.78. The van der Waals surface area contributed by atoms with Gasteiger partial charge in [-0.3, -0.25) is 0 Å². The Balaban J connectivity index is 1.68. The number of urea groups is 1. The van der Waals surface area contributed by atoms with Gasteiger partial charge < -0.3 is 20.1 Å². The minimum Gasteiger partial charge on any atom is -0.497 e. The lowest BCUT2D eigenvalue weighted by molar-refractivity contribution is 0.231. The molecule has 0 radical (unpaired) electrons. The molecule has 0 bridgehead atoms. The van der Waals surface area contributed by atoms with Crippen molar-refractivity contribution in [2.45, 2.75) is 6.04 Å². The van der Waals surface area contributed by atoms with Crippen molar-refractivity contribution in [3.8, 4) is 11.5 Å². The van der Waals surface area contributed by atoms with Crippen LogP contribution >= 0.6 is 0 Å². The monoisotopic (exact) mass is 380 g/mol. The third kappa shape index (κ3) is 5.23. The lowest BCUT2D eigenvalue weighted by Crippen LogP contribution is -2.35. The lowest BCUT2D eigenvalue weighted by Gasteiger charge is -2.20. The van der Waals surface area contributed by atoms with Crippen LogP contribution in [0.15, 0.2) is 78.9 Å². The highest BCUT2D eigenvalue weighted by atomic mass is 19.1. The van der Waals surface area contributed by atoms with Crippen molar-refractivity contribution in [3.63, 3.8) is 0 Å². The van der Waals surface area contributed by atoms with Crippen molar-refractivity contribution < 1.29 is 18.7 Å². The molecule has 5 nitrogen and oxygen atoms in total. The fourth-order valence-corrected chi connectivity index (χ4v) is 2.64. The van der Waals surface area contributed by atoms with E-state index < -0.39 is 17.9 Å². The molecule has 3 aromatic rings. The van der Waals surface area contributed by atoms with E-state index >= 15 is 0 Å². The van der Waals surface area contributed by atoms with Gasteiger partial charge in [0, 0.05) is 5.69 Å². The number of rotatable bonds is 7. The summed E-state index contributed by atoms with van der Waals surface area (Å²) in [5.74, 6) is 0.393. The summed E-state index contributed by atoms with van der Waals surface area (Å²) in [4.78, 5) is 12.4. The predicted molar refractivity (Wildman–Crippen MR) is 106 cm³/mol. The van der Waals surface area contributed by atoms with Crippen LogP contribution in [0.2, 0.25) is 0 Å². The van der Waals surface area contributed by atoms with Crippen molar-refractivity contribution in [2.75, 3.05) is 19.0 Å². The first-order valence-electron chi connectivity index (χ1n) is 8.79. The number of ether oxygens (including phenoxy) is 2. The molecule has 2 amide bonds. The van der Waals surface area contributed by atoms with Gasteiger partial charge in [-0.25, -0.2) is 9.18 Å². The number of nitrogens with one attached hydrogen (secondary N) is 2. The zero-order chi connectivity index (χ0) is 19.8. The van der Waals surface area contributed by atoms with E-state index in [4.69, 9.17) is 9.47 Å². The Bertz CT molecular complexity index is 901. The van der Waals surface area contributed by atoms with Crippen LogP contribution in [0.1, 0.15) is 11.6 Å². The largest absolute Gasteiger partial charge is 0.497 e. The van der Waals surface area contributed by atoms with Gasteiger partial charge in [0.1, 0.15) is 12.4 Å². The highest BCUT2D eigenvalue weighted by Gasteiger charge is 2.16. The maximum Gasteiger partial charge on any atom is 0.319 e. The van der Waals surface area contributed by atoms with Crippen LogP contribution in [0.4, 0.5) is 14.9 Å². The normalized spacial score (nSPS) is 11.4. The third-order valence-corrected chi connectivity index (χ3v) is 4.10. The van der Waals surface area contributed by atoms with Gasteiger partial charge in [-0.1, -0.05) is 42.5 Å². The Morgan fingerprint density at radius 2 is 1.64 bits per heavy atom. The smallest absolute Gasteiger partial charge is 0.319 e. The Labute approximate surface area is 163 Å². The second kappa shape index (κ2) is 9.41. The molecule has 6 heteroatoms. The van der Waals surface area contributed by atoms with E-state index in [1.807, 2.05) is 30.3 Å². The molecule has 0 aliphatic carbocycles. The molecule has 3 aromatic carbocycles. The van der Waals surface area contributed by atoms with Crippen LogP contribution in [-0.2, 0) is 0 Å². The summed E-state index contributed by atoms with van der Waals surface area (Å²) in [5, 5.41) is 5.64. The quantitative estimate of drug-likeness (QED) is 0.620. The number of hydrogen-bond donors (Lipinski definition) is 2. The van der Waals surface area contributed by atoms with E-state index in [0.717, 1.165) is 5.56 Å². The molecule has 28 heavy (non-hydrogen) atoms. The van der Waals surface area contributed by atoms with E-state index in [0.29, 0.717) is 11.4 Å². The molecule has 0 saturated heterocycles. The summed E-state index contributed by atoms with van der Waals surface area (Å²) in [6.07, 6.45) is 0. The van der Waals surface area contributed by atoms with Gasteiger partial charge in [0.05, 0.1) is 13.2 Å². The molecule has 1 atom stereocenters. The van der Waals surface area contributed by atoms with Crippen LogP contribution in [0.25, 0.3) is 0 Å². The average molecular weight is 380 g/mol. The fraction of sp³-hybridized carbons (Fsp3) is 0.136. The van der Waals surface area contributed by atoms with E-state index in [-0.39, 0.29) is 12.4 Å². The van der Waals surface area contributed by atoms with Gasteiger partial charge in [-0.2, -0.15) is 0 Å². The lowest BCUT2D eigenvalue weighted by atomic mass is 10.1. The van der Waals surface area contributed by atoms with Gasteiger partial charge in [0.15, 0.2) is 11.6 Å². The first-order valence-corrected chi connectivity index (χ1v) is 8.79. The van der Waals surface area contributed by atoms with Crippen LogP contribution in [0.3, 0.4) is 0 Å². The Kier molecular flexibility index (Phi) is 6.46. The number of carbonyl (C=O) groups excluding carboxylic acids is 1. The van der Waals surface area contributed by atoms with Crippen LogP contribution in [-0.4, -0.2) is 19.7 Å². The van der Waals surface area contributed by atoms with Crippen LogP contribution < -0.4 is 20.1 Å². The number of halogens is 1. The molecule has 0 aliphatic heterocycles. The van der Waals surface area contributed by atoms with Gasteiger partial charge in [-0.05, 0) is 42.0 Å². The summed E-state index contributed by atoms with van der Waals surface area (Å²) >= 11 is 0. The first-order chi connectivity index (χ1) is 13.7. The molecule has 2 N–H and O–H groups in total. The van der Waals surface area contributed by atoms with Crippen LogP contribution in [0, 0.1) is 5.82 Å². The maximum atomic E-state index is 13.8. The van der Waals surface area contributed by atoms with Crippen molar-refractivity contribution in [1.29, 1.82) is 0 Å². The number of amides is 2. The van der Waals surface area contributed by atoms with Crippen molar-refractivity contribution in [1.82, 2.24) is 5.32 Å². The van der Waals surface area contributed by atoms with E-state index in [1.54, 1.807) is 49.6 Å². The van der Waals surface area contributed by atoms with Gasteiger partial charge >= 0.3 is 6.03 Å². The second-order valence-electron chi connectivity index (χ2n) is 6.03. The zero-order valence-corrected chi connectivity index (χ0v) is 15.4. The molecule has 0 aromatic heterocycles. The fourth-order valence-electron chi connectivity index (χ4n) is 2.64. The highest BCUT2D eigenvalue weighted by Crippen LogP contribution is 2.20. The van der Waals surface area contributed by atoms with Crippen molar-refractivity contribution in [2.24, 2.45) is 0 Å². The summed E-state index contributed by atoms with van der Waals surface area (Å²) in [6.45, 7) is 0.0843. The molecule has 0 spiro atoms. The number of benzene rings is 3. The molecule has 144 valence electrons. The van der Waals surface area contributed by atoms with Gasteiger partial charge in [0.25, 0.3) is 0 Å². The molecule has 3 rings (SSSR count). The zero-order valence-electron chi connectivity index (χ0n) is 15.4.